The number of ether oxygens (including phenoxy) is 2. The maximum Gasteiger partial charge on any atom is 0.322 e. The molecule has 0 saturated carbocycles. The summed E-state index contributed by atoms with van der Waals surface area (Å²) in [5.74, 6) is -0.348. The highest BCUT2D eigenvalue weighted by Gasteiger charge is 2.19. The molecule has 4 aromatic heterocycles. The Morgan fingerprint density at radius 1 is 1.10 bits per heavy atom. The van der Waals surface area contributed by atoms with Gasteiger partial charge in [0, 0.05) is 51.2 Å². The molecule has 208 valence electrons. The molecule has 0 aliphatic rings. The van der Waals surface area contributed by atoms with Crippen LogP contribution in [0.5, 0.6) is 11.5 Å². The molecule has 0 aliphatic heterocycles. The second-order valence-electron chi connectivity index (χ2n) is 8.89. The fraction of sp³-hybridized carbons (Fsp3) is 0.240. The largest absolute Gasteiger partial charge is 0.497 e. The number of rotatable bonds is 8. The molecule has 13 nitrogen and oxygen atoms in total. The lowest BCUT2D eigenvalue weighted by molar-refractivity contribution is 0.374. The van der Waals surface area contributed by atoms with Crippen molar-refractivity contribution >= 4 is 27.1 Å². The van der Waals surface area contributed by atoms with E-state index in [-0.39, 0.29) is 18.0 Å². The Morgan fingerprint density at radius 3 is 2.58 bits per heavy atom. The molecule has 0 bridgehead atoms. The van der Waals surface area contributed by atoms with E-state index >= 15 is 4.39 Å². The Bertz CT molecular complexity index is 1890. The van der Waals surface area contributed by atoms with Crippen molar-refractivity contribution < 1.29 is 22.3 Å². The number of hydrogen-bond donors (Lipinski definition) is 0. The van der Waals surface area contributed by atoms with Gasteiger partial charge in [-0.1, -0.05) is 0 Å². The molecule has 0 atom stereocenters. The van der Waals surface area contributed by atoms with Crippen molar-refractivity contribution in [3.63, 3.8) is 0 Å². The van der Waals surface area contributed by atoms with Gasteiger partial charge >= 0.3 is 10.2 Å². The van der Waals surface area contributed by atoms with Crippen LogP contribution in [0.3, 0.4) is 0 Å². The van der Waals surface area contributed by atoms with Crippen molar-refractivity contribution in [2.75, 3.05) is 28.3 Å². The van der Waals surface area contributed by atoms with Gasteiger partial charge in [-0.3, -0.25) is 9.67 Å². The Hall–Kier alpha value is -4.63. The minimum atomic E-state index is -3.82. The number of fused-ring (bicyclic) bond motifs is 1. The summed E-state index contributed by atoms with van der Waals surface area (Å²) in [6.45, 7) is 0.0556. The number of halogens is 1. The highest BCUT2D eigenvalue weighted by Crippen LogP contribution is 2.32. The predicted molar refractivity (Wildman–Crippen MR) is 144 cm³/mol. The van der Waals surface area contributed by atoms with E-state index in [2.05, 4.69) is 20.2 Å². The van der Waals surface area contributed by atoms with Crippen molar-refractivity contribution in [2.24, 2.45) is 12.0 Å². The van der Waals surface area contributed by atoms with E-state index in [1.165, 1.54) is 46.6 Å². The SMILES string of the molecule is COc1cc(/N=c2\ccc3ncc(-c4cnn(C)c4)nc3n2Cc2ccn(S(=O)(=O)N(C)C)n2)c(F)c(OC)c1. The van der Waals surface area contributed by atoms with Crippen LogP contribution in [0.2, 0.25) is 0 Å². The molecule has 0 aliphatic carbocycles. The summed E-state index contributed by atoms with van der Waals surface area (Å²) in [5, 5.41) is 8.46. The summed E-state index contributed by atoms with van der Waals surface area (Å²) in [4.78, 5) is 13.9. The summed E-state index contributed by atoms with van der Waals surface area (Å²) >= 11 is 0. The van der Waals surface area contributed by atoms with E-state index in [9.17, 15) is 8.42 Å². The van der Waals surface area contributed by atoms with E-state index < -0.39 is 16.0 Å². The monoisotopic (exact) mass is 567 g/mol. The molecule has 1 aromatic carbocycles. The molecule has 0 fully saturated rings. The minimum Gasteiger partial charge on any atom is -0.497 e. The van der Waals surface area contributed by atoms with Gasteiger partial charge in [0.2, 0.25) is 0 Å². The van der Waals surface area contributed by atoms with Crippen molar-refractivity contribution in [1.29, 1.82) is 0 Å². The quantitative estimate of drug-likeness (QED) is 0.278. The van der Waals surface area contributed by atoms with Gasteiger partial charge in [0.15, 0.2) is 17.2 Å². The molecule has 4 heterocycles. The highest BCUT2D eigenvalue weighted by molar-refractivity contribution is 7.87. The van der Waals surface area contributed by atoms with Crippen LogP contribution in [-0.2, 0) is 23.8 Å². The number of methoxy groups -OCH3 is 2. The number of pyridine rings is 1. The summed E-state index contributed by atoms with van der Waals surface area (Å²) in [6.07, 6.45) is 6.46. The molecule has 0 N–H and O–H groups in total. The van der Waals surface area contributed by atoms with Crippen LogP contribution in [0.1, 0.15) is 5.69 Å². The second kappa shape index (κ2) is 10.5. The van der Waals surface area contributed by atoms with Gasteiger partial charge < -0.3 is 14.0 Å². The molecular formula is C25H26FN9O4S. The highest BCUT2D eigenvalue weighted by atomic mass is 32.2. The first-order chi connectivity index (χ1) is 19.1. The molecular weight excluding hydrogens is 541 g/mol. The molecule has 40 heavy (non-hydrogen) atoms. The lowest BCUT2D eigenvalue weighted by Gasteiger charge is -2.12. The molecule has 0 radical (unpaired) electrons. The fourth-order valence-corrected chi connectivity index (χ4v) is 4.68. The summed E-state index contributed by atoms with van der Waals surface area (Å²) < 4.78 is 56.1. The number of aryl methyl sites for hydroxylation is 1. The van der Waals surface area contributed by atoms with Crippen LogP contribution in [-0.4, -0.2) is 74.5 Å². The van der Waals surface area contributed by atoms with Gasteiger partial charge in [0.1, 0.15) is 22.4 Å². The minimum absolute atomic E-state index is 0.0265. The number of nitrogens with zero attached hydrogens (tertiary/aromatic N) is 9. The molecule has 0 saturated heterocycles. The third-order valence-corrected chi connectivity index (χ3v) is 7.63. The average Bonchev–Trinajstić information content (AvgIpc) is 3.60. The van der Waals surface area contributed by atoms with Crippen LogP contribution in [0, 0.1) is 5.82 Å². The lowest BCUT2D eigenvalue weighted by atomic mass is 10.2. The number of hydrogen-bond acceptors (Lipinski definition) is 9. The third-order valence-electron chi connectivity index (χ3n) is 6.03. The van der Waals surface area contributed by atoms with Gasteiger partial charge in [0.25, 0.3) is 0 Å². The normalized spacial score (nSPS) is 12.4. The van der Waals surface area contributed by atoms with E-state index in [4.69, 9.17) is 14.5 Å². The first-order valence-corrected chi connectivity index (χ1v) is 13.3. The molecule has 5 rings (SSSR count). The van der Waals surface area contributed by atoms with E-state index in [0.717, 1.165) is 14.0 Å². The van der Waals surface area contributed by atoms with Crippen molar-refractivity contribution in [1.82, 2.24) is 37.8 Å². The summed E-state index contributed by atoms with van der Waals surface area (Å²) in [7, 11) is 3.62. The standard InChI is InChI=1S/C25H26FN9O4S/c1-32(2)40(36,37)35-9-8-17(31-35)15-34-23(29-20-10-18(38-4)11-22(39-5)24(20)26)7-6-19-25(34)30-21(13-27-19)16-12-28-33(3)14-16/h6-14H,15H2,1-5H3/b29-23+. The van der Waals surface area contributed by atoms with Crippen LogP contribution >= 0.6 is 0 Å². The van der Waals surface area contributed by atoms with Crippen molar-refractivity contribution in [2.45, 2.75) is 6.54 Å². The van der Waals surface area contributed by atoms with Crippen LogP contribution in [0.15, 0.2) is 60.1 Å². The topological polar surface area (TPSA) is 135 Å². The predicted octanol–water partition coefficient (Wildman–Crippen LogP) is 2.12. The van der Waals surface area contributed by atoms with Crippen LogP contribution < -0.4 is 15.0 Å². The van der Waals surface area contributed by atoms with E-state index in [1.807, 2.05) is 0 Å². The van der Waals surface area contributed by atoms with Gasteiger partial charge in [-0.2, -0.15) is 27.0 Å². The smallest absolute Gasteiger partial charge is 0.322 e. The number of aromatic nitrogens is 7. The zero-order chi connectivity index (χ0) is 28.6. The maximum absolute atomic E-state index is 15.2. The van der Waals surface area contributed by atoms with E-state index in [0.29, 0.717) is 33.8 Å². The Balaban J connectivity index is 1.74. The van der Waals surface area contributed by atoms with Gasteiger partial charge in [-0.25, -0.2) is 14.4 Å². The van der Waals surface area contributed by atoms with Gasteiger partial charge in [-0.05, 0) is 18.2 Å². The zero-order valence-electron chi connectivity index (χ0n) is 22.3. The molecule has 0 spiro atoms. The summed E-state index contributed by atoms with van der Waals surface area (Å²) in [6, 6.07) is 7.83. The Labute approximate surface area is 229 Å². The average molecular weight is 568 g/mol. The van der Waals surface area contributed by atoms with Crippen LogP contribution in [0.4, 0.5) is 10.1 Å². The lowest BCUT2D eigenvalue weighted by Crippen LogP contribution is -2.29. The first-order valence-electron chi connectivity index (χ1n) is 11.9. The molecule has 5 aromatic rings. The number of benzene rings is 1. The summed E-state index contributed by atoms with van der Waals surface area (Å²) in [5.41, 5.74) is 2.94. The van der Waals surface area contributed by atoms with Crippen molar-refractivity contribution in [3.8, 4) is 22.8 Å². The third kappa shape index (κ3) is 5.03. The van der Waals surface area contributed by atoms with Gasteiger partial charge in [0.05, 0.1) is 44.5 Å². The molecule has 15 heteroatoms. The van der Waals surface area contributed by atoms with Crippen molar-refractivity contribution in [3.05, 3.63) is 72.1 Å². The Kier molecular flexibility index (Phi) is 7.08. The van der Waals surface area contributed by atoms with Crippen LogP contribution in [0.25, 0.3) is 22.4 Å². The maximum atomic E-state index is 15.2. The Morgan fingerprint density at radius 2 is 1.90 bits per heavy atom. The first kappa shape index (κ1) is 27.0. The second-order valence-corrected chi connectivity index (χ2v) is 10.9. The molecule has 0 amide bonds. The van der Waals surface area contributed by atoms with Gasteiger partial charge in [-0.15, -0.1) is 0 Å². The molecule has 0 unspecified atom stereocenters. The van der Waals surface area contributed by atoms with E-state index in [1.54, 1.807) is 53.1 Å². The zero-order valence-corrected chi connectivity index (χ0v) is 23.2. The fourth-order valence-electron chi connectivity index (χ4n) is 3.92.